The second kappa shape index (κ2) is 9.21. The Morgan fingerprint density at radius 1 is 1.32 bits per heavy atom. The number of rotatable bonds is 10. The van der Waals surface area contributed by atoms with Gasteiger partial charge in [-0.15, -0.1) is 6.58 Å². The molecule has 0 fully saturated rings. The van der Waals surface area contributed by atoms with Crippen LogP contribution in [0.1, 0.15) is 39.0 Å². The number of carbonyl (C=O) groups excluding carboxylic acids is 1. The first kappa shape index (κ1) is 20.7. The van der Waals surface area contributed by atoms with Gasteiger partial charge in [-0.2, -0.15) is 0 Å². The fourth-order valence-electron chi connectivity index (χ4n) is 3.31. The maximum atomic E-state index is 12.5. The third kappa shape index (κ3) is 4.38. The summed E-state index contributed by atoms with van der Waals surface area (Å²) in [6, 6.07) is 0. The van der Waals surface area contributed by atoms with Crippen LogP contribution in [-0.4, -0.2) is 22.6 Å². The lowest BCUT2D eigenvalue weighted by Crippen LogP contribution is -2.39. The lowest BCUT2D eigenvalue weighted by atomic mass is 9.75. The van der Waals surface area contributed by atoms with Crippen molar-refractivity contribution in [2.24, 2.45) is 11.8 Å². The molecule has 4 heteroatoms. The number of ether oxygens (including phenoxy) is 1. The smallest absolute Gasteiger partial charge is 0.321 e. The molecule has 0 aromatic carbocycles. The minimum atomic E-state index is -1.23. The van der Waals surface area contributed by atoms with E-state index in [2.05, 4.69) is 26.3 Å². The Morgan fingerprint density at radius 3 is 2.40 bits per heavy atom. The molecule has 136 valence electrons. The van der Waals surface area contributed by atoms with Gasteiger partial charge in [0.05, 0.1) is 0 Å². The van der Waals surface area contributed by atoms with Crippen LogP contribution in [0.15, 0.2) is 61.8 Å². The Kier molecular flexibility index (Phi) is 7.62. The summed E-state index contributed by atoms with van der Waals surface area (Å²) in [4.78, 5) is 23.9. The van der Waals surface area contributed by atoms with Gasteiger partial charge in [0.2, 0.25) is 0 Å². The molecule has 1 N–H and O–H groups in total. The summed E-state index contributed by atoms with van der Waals surface area (Å²) in [7, 11) is 0. The largest absolute Gasteiger partial charge is 0.481 e. The van der Waals surface area contributed by atoms with Crippen LogP contribution in [0.3, 0.4) is 0 Å². The Morgan fingerprint density at radius 2 is 1.96 bits per heavy atom. The van der Waals surface area contributed by atoms with Crippen molar-refractivity contribution in [3.63, 3.8) is 0 Å². The lowest BCUT2D eigenvalue weighted by Gasteiger charge is -2.36. The topological polar surface area (TPSA) is 63.6 Å². The third-order valence-electron chi connectivity index (χ3n) is 4.70. The van der Waals surface area contributed by atoms with E-state index in [1.807, 2.05) is 13.0 Å². The van der Waals surface area contributed by atoms with Crippen LogP contribution >= 0.6 is 0 Å². The monoisotopic (exact) mass is 344 g/mol. The van der Waals surface area contributed by atoms with Gasteiger partial charge in [-0.05, 0) is 49.0 Å². The number of carbonyl (C=O) groups is 2. The van der Waals surface area contributed by atoms with Crippen LogP contribution in [0.25, 0.3) is 0 Å². The fraction of sp³-hybridized carbons (Fsp3) is 0.429. The highest BCUT2D eigenvalue weighted by atomic mass is 16.6. The zero-order chi connectivity index (χ0) is 19.0. The van der Waals surface area contributed by atoms with Crippen LogP contribution in [0.4, 0.5) is 0 Å². The van der Waals surface area contributed by atoms with Gasteiger partial charge in [-0.3, -0.25) is 9.59 Å². The summed E-state index contributed by atoms with van der Waals surface area (Å²) in [6.07, 6.45) is 9.95. The van der Waals surface area contributed by atoms with Crippen molar-refractivity contribution in [2.45, 2.75) is 44.6 Å². The third-order valence-corrected chi connectivity index (χ3v) is 4.70. The number of allylic oxidation sites excluding steroid dienone is 3. The van der Waals surface area contributed by atoms with Crippen molar-refractivity contribution in [1.82, 2.24) is 0 Å². The minimum Gasteiger partial charge on any atom is -0.481 e. The van der Waals surface area contributed by atoms with E-state index < -0.39 is 23.5 Å². The van der Waals surface area contributed by atoms with Crippen molar-refractivity contribution in [2.75, 3.05) is 0 Å². The summed E-state index contributed by atoms with van der Waals surface area (Å²) in [5.74, 6) is -3.04. The second-order valence-corrected chi connectivity index (χ2v) is 6.17. The van der Waals surface area contributed by atoms with Crippen molar-refractivity contribution >= 4 is 11.9 Å². The molecule has 1 aliphatic rings. The van der Waals surface area contributed by atoms with Gasteiger partial charge in [0, 0.05) is 5.92 Å². The quantitative estimate of drug-likeness (QED) is 0.357. The van der Waals surface area contributed by atoms with E-state index in [1.54, 1.807) is 6.08 Å². The van der Waals surface area contributed by atoms with Gasteiger partial charge in [0.15, 0.2) is 11.5 Å². The van der Waals surface area contributed by atoms with Crippen molar-refractivity contribution in [3.05, 3.63) is 61.8 Å². The Hall–Kier alpha value is -2.36. The van der Waals surface area contributed by atoms with E-state index in [0.29, 0.717) is 12.8 Å². The lowest BCUT2D eigenvalue weighted by molar-refractivity contribution is -0.163. The van der Waals surface area contributed by atoms with Crippen molar-refractivity contribution < 1.29 is 19.4 Å². The summed E-state index contributed by atoms with van der Waals surface area (Å²) in [5, 5.41) is 9.31. The molecule has 0 saturated carbocycles. The highest BCUT2D eigenvalue weighted by Gasteiger charge is 2.39. The molecule has 0 radical (unpaired) electrons. The van der Waals surface area contributed by atoms with E-state index in [9.17, 15) is 14.7 Å². The molecule has 0 bridgehead atoms. The molecule has 0 aliphatic heterocycles. The van der Waals surface area contributed by atoms with Gasteiger partial charge in [0.1, 0.15) is 0 Å². The average molecular weight is 344 g/mol. The highest BCUT2D eigenvalue weighted by Crippen LogP contribution is 2.40. The van der Waals surface area contributed by atoms with E-state index in [4.69, 9.17) is 4.74 Å². The van der Waals surface area contributed by atoms with E-state index in [1.165, 1.54) is 12.2 Å². The molecule has 0 aromatic rings. The Balaban J connectivity index is 3.34. The number of aliphatic carboxylic acids is 1. The van der Waals surface area contributed by atoms with Gasteiger partial charge >= 0.3 is 11.9 Å². The van der Waals surface area contributed by atoms with Crippen molar-refractivity contribution in [3.8, 4) is 0 Å². The van der Waals surface area contributed by atoms with Crippen molar-refractivity contribution in [1.29, 1.82) is 0 Å². The molecular formula is C21H28O4. The number of hydrogen-bond donors (Lipinski definition) is 1. The Bertz CT molecular complexity index is 589. The standard InChI is InChI=1S/C21H28O4/c1-6-12-17(19(22)23)20(24)25-21(9-4,10-5)18-14-11-13-15(7-2)16(18)8-3/h7-10,15,17H,2-6,11-14H2,1H3,(H,22,23). The SMILES string of the molecule is C=CC1=C(C(C=C)(C=C)OC(=O)C(CCC)C(=O)O)CCCC1C=C. The number of esters is 1. The predicted octanol–water partition coefficient (Wildman–Crippen LogP) is 4.61. The first-order valence-corrected chi connectivity index (χ1v) is 8.62. The summed E-state index contributed by atoms with van der Waals surface area (Å²) < 4.78 is 5.68. The molecule has 0 heterocycles. The van der Waals surface area contributed by atoms with Crippen LogP contribution in [-0.2, 0) is 14.3 Å². The van der Waals surface area contributed by atoms with E-state index >= 15 is 0 Å². The fourth-order valence-corrected chi connectivity index (χ4v) is 3.31. The maximum absolute atomic E-state index is 12.5. The molecule has 0 amide bonds. The molecule has 0 saturated heterocycles. The molecule has 0 spiro atoms. The van der Waals surface area contributed by atoms with Gasteiger partial charge in [-0.1, -0.05) is 45.2 Å². The zero-order valence-electron chi connectivity index (χ0n) is 15.0. The van der Waals surface area contributed by atoms with Crippen LogP contribution < -0.4 is 0 Å². The minimum absolute atomic E-state index is 0.116. The number of hydrogen-bond acceptors (Lipinski definition) is 3. The van der Waals surface area contributed by atoms with Crippen LogP contribution in [0.5, 0.6) is 0 Å². The molecule has 0 aromatic heterocycles. The maximum Gasteiger partial charge on any atom is 0.321 e. The Labute approximate surface area is 150 Å². The van der Waals surface area contributed by atoms with E-state index in [-0.39, 0.29) is 12.3 Å². The van der Waals surface area contributed by atoms with Crippen LogP contribution in [0.2, 0.25) is 0 Å². The van der Waals surface area contributed by atoms with Gasteiger partial charge in [0.25, 0.3) is 0 Å². The van der Waals surface area contributed by atoms with Crippen LogP contribution in [0, 0.1) is 11.8 Å². The molecular weight excluding hydrogens is 316 g/mol. The van der Waals surface area contributed by atoms with Gasteiger partial charge < -0.3 is 9.84 Å². The number of carboxylic acids is 1. The first-order chi connectivity index (χ1) is 11.9. The molecule has 2 atom stereocenters. The first-order valence-electron chi connectivity index (χ1n) is 8.62. The molecule has 1 rings (SSSR count). The summed E-state index contributed by atoms with van der Waals surface area (Å²) >= 11 is 0. The highest BCUT2D eigenvalue weighted by molar-refractivity contribution is 5.94. The summed E-state index contributed by atoms with van der Waals surface area (Å²) in [6.45, 7) is 17.2. The molecule has 4 nitrogen and oxygen atoms in total. The zero-order valence-corrected chi connectivity index (χ0v) is 15.0. The molecule has 2 unspecified atom stereocenters. The summed E-state index contributed by atoms with van der Waals surface area (Å²) in [5.41, 5.74) is 0.554. The normalized spacial score (nSPS) is 18.8. The molecule has 25 heavy (non-hydrogen) atoms. The van der Waals surface area contributed by atoms with Gasteiger partial charge in [-0.25, -0.2) is 0 Å². The molecule has 1 aliphatic carbocycles. The second-order valence-electron chi connectivity index (χ2n) is 6.17. The number of carboxylic acid groups (broad SMARTS) is 1. The predicted molar refractivity (Wildman–Crippen MR) is 100 cm³/mol. The van der Waals surface area contributed by atoms with E-state index in [0.717, 1.165) is 24.0 Å². The average Bonchev–Trinajstić information content (AvgIpc) is 2.62.